The van der Waals surface area contributed by atoms with Crippen molar-refractivity contribution in [3.63, 3.8) is 0 Å². The van der Waals surface area contributed by atoms with Crippen molar-refractivity contribution < 1.29 is 4.79 Å². The Morgan fingerprint density at radius 2 is 1.57 bits per heavy atom. The quantitative estimate of drug-likeness (QED) is 0.576. The Labute approximate surface area is 88.6 Å². The van der Waals surface area contributed by atoms with Crippen molar-refractivity contribution in [3.05, 3.63) is 11.6 Å². The fourth-order valence-electron chi connectivity index (χ4n) is 1.71. The number of hydrogen-bond donors (Lipinski definition) is 0. The van der Waals surface area contributed by atoms with Gasteiger partial charge in [-0.25, -0.2) is 0 Å². The van der Waals surface area contributed by atoms with E-state index in [1.54, 1.807) is 13.0 Å². The van der Waals surface area contributed by atoms with Crippen LogP contribution in [-0.2, 0) is 4.79 Å². The number of rotatable bonds is 1. The normalized spacial score (nSPS) is 16.6. The number of ketones is 1. The average molecular weight is 196 g/mol. The van der Waals surface area contributed by atoms with E-state index in [4.69, 9.17) is 0 Å². The van der Waals surface area contributed by atoms with E-state index >= 15 is 0 Å². The Balaban J connectivity index is 0.000000241. The van der Waals surface area contributed by atoms with Crippen LogP contribution in [0.4, 0.5) is 0 Å². The zero-order chi connectivity index (χ0) is 11.0. The third kappa shape index (κ3) is 9.50. The molecule has 1 saturated carbocycles. The van der Waals surface area contributed by atoms with Gasteiger partial charge in [0.25, 0.3) is 0 Å². The Morgan fingerprint density at radius 3 is 1.71 bits per heavy atom. The molecule has 1 fully saturated rings. The zero-order valence-electron chi connectivity index (χ0n) is 10.1. The molecule has 0 unspecified atom stereocenters. The minimum Gasteiger partial charge on any atom is -0.295 e. The fraction of sp³-hybridized carbons (Fsp3) is 0.769. The van der Waals surface area contributed by atoms with E-state index in [0.717, 1.165) is 11.5 Å². The van der Waals surface area contributed by atoms with Crippen LogP contribution in [0.2, 0.25) is 0 Å². The summed E-state index contributed by atoms with van der Waals surface area (Å²) in [7, 11) is 0. The highest BCUT2D eigenvalue weighted by molar-refractivity contribution is 5.87. The van der Waals surface area contributed by atoms with Crippen molar-refractivity contribution in [1.82, 2.24) is 0 Å². The highest BCUT2D eigenvalue weighted by Crippen LogP contribution is 2.22. The van der Waals surface area contributed by atoms with Crippen molar-refractivity contribution in [2.45, 2.75) is 59.8 Å². The maximum atomic E-state index is 10.2. The van der Waals surface area contributed by atoms with Crippen LogP contribution in [0.1, 0.15) is 59.8 Å². The molecule has 0 aliphatic heterocycles. The molecule has 0 spiro atoms. The van der Waals surface area contributed by atoms with E-state index < -0.39 is 0 Å². The second kappa shape index (κ2) is 7.78. The van der Waals surface area contributed by atoms with Gasteiger partial charge < -0.3 is 0 Å². The lowest BCUT2D eigenvalue weighted by Crippen LogP contribution is -1.99. The number of carbonyl (C=O) groups excluding carboxylic acids is 1. The van der Waals surface area contributed by atoms with Crippen molar-refractivity contribution in [1.29, 1.82) is 0 Å². The first-order valence-electron chi connectivity index (χ1n) is 5.68. The topological polar surface area (TPSA) is 17.1 Å². The largest absolute Gasteiger partial charge is 0.295 e. The molecular formula is C13H24O. The molecule has 82 valence electrons. The second-order valence-electron chi connectivity index (χ2n) is 4.58. The molecule has 1 nitrogen and oxygen atoms in total. The van der Waals surface area contributed by atoms with Crippen LogP contribution in [-0.4, -0.2) is 5.78 Å². The molecule has 0 bridgehead atoms. The predicted octanol–water partition coefficient (Wildman–Crippen LogP) is 4.13. The van der Waals surface area contributed by atoms with Gasteiger partial charge in [-0.15, -0.1) is 0 Å². The van der Waals surface area contributed by atoms with Gasteiger partial charge >= 0.3 is 0 Å². The molecule has 1 heteroatoms. The summed E-state index contributed by atoms with van der Waals surface area (Å²) in [5.74, 6) is 1.16. The number of hydrogen-bond acceptors (Lipinski definition) is 1. The molecular weight excluding hydrogens is 172 g/mol. The molecule has 0 atom stereocenters. The van der Waals surface area contributed by atoms with Gasteiger partial charge in [-0.3, -0.25) is 4.79 Å². The van der Waals surface area contributed by atoms with Crippen LogP contribution in [0.5, 0.6) is 0 Å². The smallest absolute Gasteiger partial charge is 0.152 e. The van der Waals surface area contributed by atoms with Crippen LogP contribution in [0.25, 0.3) is 0 Å². The Hall–Kier alpha value is -0.590. The Bertz CT molecular complexity index is 181. The van der Waals surface area contributed by atoms with Gasteiger partial charge in [0.1, 0.15) is 0 Å². The number of carbonyl (C=O) groups is 1. The van der Waals surface area contributed by atoms with Gasteiger partial charge in [-0.05, 0) is 32.8 Å². The average Bonchev–Trinajstić information content (AvgIpc) is 2.03. The molecule has 0 heterocycles. The molecule has 0 aromatic heterocycles. The lowest BCUT2D eigenvalue weighted by Gasteiger charge is -2.15. The molecule has 1 rings (SSSR count). The Kier molecular flexibility index (Phi) is 7.45. The van der Waals surface area contributed by atoms with Gasteiger partial charge in [-0.2, -0.15) is 0 Å². The van der Waals surface area contributed by atoms with Gasteiger partial charge in [-0.1, -0.05) is 44.6 Å². The van der Waals surface area contributed by atoms with Crippen molar-refractivity contribution in [2.24, 2.45) is 5.92 Å². The molecule has 0 saturated heterocycles. The van der Waals surface area contributed by atoms with E-state index in [1.807, 2.05) is 13.8 Å². The summed E-state index contributed by atoms with van der Waals surface area (Å²) >= 11 is 0. The van der Waals surface area contributed by atoms with Gasteiger partial charge in [0, 0.05) is 0 Å². The predicted molar refractivity (Wildman–Crippen MR) is 62.4 cm³/mol. The molecule has 0 radical (unpaired) electrons. The van der Waals surface area contributed by atoms with Gasteiger partial charge in [0.05, 0.1) is 0 Å². The minimum absolute atomic E-state index is 0.125. The molecule has 1 aliphatic carbocycles. The lowest BCUT2D eigenvalue weighted by atomic mass is 9.91. The summed E-state index contributed by atoms with van der Waals surface area (Å²) in [6, 6.07) is 0. The first kappa shape index (κ1) is 13.4. The van der Waals surface area contributed by atoms with Crippen LogP contribution < -0.4 is 0 Å². The molecule has 1 aliphatic rings. The second-order valence-corrected chi connectivity index (χ2v) is 4.58. The van der Waals surface area contributed by atoms with E-state index in [9.17, 15) is 4.79 Å². The highest BCUT2D eigenvalue weighted by Gasteiger charge is 2.05. The SMILES string of the molecule is CC(=O)C=C(C)C.CC1CCCCC1. The van der Waals surface area contributed by atoms with Crippen LogP contribution >= 0.6 is 0 Å². The minimum atomic E-state index is 0.125. The molecule has 0 aromatic carbocycles. The van der Waals surface area contributed by atoms with Crippen molar-refractivity contribution in [2.75, 3.05) is 0 Å². The number of allylic oxidation sites excluding steroid dienone is 2. The Morgan fingerprint density at radius 1 is 1.07 bits per heavy atom. The van der Waals surface area contributed by atoms with E-state index in [0.29, 0.717) is 0 Å². The van der Waals surface area contributed by atoms with Crippen LogP contribution in [0, 0.1) is 5.92 Å². The highest BCUT2D eigenvalue weighted by atomic mass is 16.1. The van der Waals surface area contributed by atoms with Crippen LogP contribution in [0.15, 0.2) is 11.6 Å². The maximum absolute atomic E-state index is 10.2. The monoisotopic (exact) mass is 196 g/mol. The van der Waals surface area contributed by atoms with Crippen LogP contribution in [0.3, 0.4) is 0 Å². The first-order chi connectivity index (χ1) is 6.52. The molecule has 14 heavy (non-hydrogen) atoms. The summed E-state index contributed by atoms with van der Waals surface area (Å²) in [6.45, 7) is 7.72. The third-order valence-corrected chi connectivity index (χ3v) is 2.39. The fourth-order valence-corrected chi connectivity index (χ4v) is 1.71. The zero-order valence-corrected chi connectivity index (χ0v) is 10.1. The standard InChI is InChI=1S/C7H14.C6H10O/c1-7-5-3-2-4-6-7;1-5(2)4-6(3)7/h7H,2-6H2,1H3;4H,1-3H3. The molecule has 0 amide bonds. The van der Waals surface area contributed by atoms with E-state index in [2.05, 4.69) is 6.92 Å². The maximum Gasteiger partial charge on any atom is 0.152 e. The molecule has 0 aromatic rings. The summed E-state index contributed by atoms with van der Waals surface area (Å²) in [6.07, 6.45) is 9.05. The van der Waals surface area contributed by atoms with Crippen molar-refractivity contribution in [3.8, 4) is 0 Å². The van der Waals surface area contributed by atoms with Gasteiger partial charge in [0.15, 0.2) is 5.78 Å². The summed E-state index contributed by atoms with van der Waals surface area (Å²) < 4.78 is 0. The summed E-state index contributed by atoms with van der Waals surface area (Å²) in [5, 5.41) is 0. The third-order valence-electron chi connectivity index (χ3n) is 2.39. The van der Waals surface area contributed by atoms with E-state index in [1.165, 1.54) is 32.1 Å². The summed E-state index contributed by atoms with van der Waals surface area (Å²) in [5.41, 5.74) is 1.06. The molecule has 0 N–H and O–H groups in total. The first-order valence-corrected chi connectivity index (χ1v) is 5.68. The van der Waals surface area contributed by atoms with Crippen molar-refractivity contribution >= 4 is 5.78 Å². The lowest BCUT2D eigenvalue weighted by molar-refractivity contribution is -0.112. The summed E-state index contributed by atoms with van der Waals surface area (Å²) in [4.78, 5) is 10.2. The van der Waals surface area contributed by atoms with Gasteiger partial charge in [0.2, 0.25) is 0 Å². The van der Waals surface area contributed by atoms with E-state index in [-0.39, 0.29) is 5.78 Å².